The summed E-state index contributed by atoms with van der Waals surface area (Å²) in [7, 11) is 0. The highest BCUT2D eigenvalue weighted by molar-refractivity contribution is 7.80. The minimum atomic E-state index is -0.452. The molecule has 0 spiro atoms. The van der Waals surface area contributed by atoms with Crippen LogP contribution >= 0.6 is 12.2 Å². The van der Waals surface area contributed by atoms with Gasteiger partial charge >= 0.3 is 0 Å². The molecule has 1 rings (SSSR count). The molecule has 0 amide bonds. The van der Waals surface area contributed by atoms with Gasteiger partial charge in [0.25, 0.3) is 5.69 Å². The summed E-state index contributed by atoms with van der Waals surface area (Å²) in [5.74, 6) is 0.307. The molecule has 0 aliphatic carbocycles. The molecular weight excluding hydrogens is 290 g/mol. The molecular formula is C14H19N3O3S. The van der Waals surface area contributed by atoms with Crippen molar-refractivity contribution in [3.63, 3.8) is 0 Å². The van der Waals surface area contributed by atoms with Crippen LogP contribution in [0.1, 0.15) is 26.7 Å². The highest BCUT2D eigenvalue weighted by atomic mass is 32.1. The van der Waals surface area contributed by atoms with E-state index in [2.05, 4.69) is 10.6 Å². The van der Waals surface area contributed by atoms with Crippen molar-refractivity contribution in [2.75, 3.05) is 11.9 Å². The van der Waals surface area contributed by atoms with Crippen LogP contribution in [0.25, 0.3) is 0 Å². The molecule has 0 aromatic heterocycles. The van der Waals surface area contributed by atoms with Gasteiger partial charge in [0.05, 0.1) is 4.92 Å². The Kier molecular flexibility index (Phi) is 6.74. The van der Waals surface area contributed by atoms with Gasteiger partial charge in [-0.15, -0.1) is 0 Å². The molecule has 0 radical (unpaired) electrons. The Morgan fingerprint density at radius 2 is 1.95 bits per heavy atom. The Morgan fingerprint density at radius 1 is 1.33 bits per heavy atom. The Balaban J connectivity index is 2.30. The van der Waals surface area contributed by atoms with Crippen molar-refractivity contribution in [1.29, 1.82) is 0 Å². The van der Waals surface area contributed by atoms with Crippen molar-refractivity contribution in [3.05, 3.63) is 34.4 Å². The fourth-order valence-electron chi connectivity index (χ4n) is 1.59. The monoisotopic (exact) mass is 309 g/mol. The quantitative estimate of drug-likeness (QED) is 0.349. The van der Waals surface area contributed by atoms with Crippen LogP contribution in [0.4, 0.5) is 11.4 Å². The SMILES string of the molecule is CC(C)C(=O)CCCNC(=S)Nc1ccc([N+](=O)[O-])cc1. The summed E-state index contributed by atoms with van der Waals surface area (Å²) in [4.78, 5) is 21.5. The smallest absolute Gasteiger partial charge is 0.269 e. The number of nitrogens with one attached hydrogen (secondary N) is 2. The topological polar surface area (TPSA) is 84.3 Å². The van der Waals surface area contributed by atoms with Gasteiger partial charge in [0.1, 0.15) is 5.78 Å². The maximum Gasteiger partial charge on any atom is 0.269 e. The number of non-ortho nitro benzene ring substituents is 1. The summed E-state index contributed by atoms with van der Waals surface area (Å²) in [5.41, 5.74) is 0.711. The van der Waals surface area contributed by atoms with Gasteiger partial charge < -0.3 is 10.6 Å². The van der Waals surface area contributed by atoms with Crippen LogP contribution < -0.4 is 10.6 Å². The van der Waals surface area contributed by atoms with Crippen LogP contribution in [0, 0.1) is 16.0 Å². The number of hydrogen-bond acceptors (Lipinski definition) is 4. The number of carbonyl (C=O) groups is 1. The lowest BCUT2D eigenvalue weighted by Crippen LogP contribution is -2.29. The van der Waals surface area contributed by atoms with E-state index in [-0.39, 0.29) is 17.4 Å². The van der Waals surface area contributed by atoms with Gasteiger partial charge in [-0.1, -0.05) is 13.8 Å². The summed E-state index contributed by atoms with van der Waals surface area (Å²) in [6.07, 6.45) is 1.25. The summed E-state index contributed by atoms with van der Waals surface area (Å²) >= 11 is 5.11. The fraction of sp³-hybridized carbons (Fsp3) is 0.429. The number of ketones is 1. The summed E-state index contributed by atoms with van der Waals surface area (Å²) in [5, 5.41) is 16.9. The molecule has 21 heavy (non-hydrogen) atoms. The number of nitrogens with zero attached hydrogens (tertiary/aromatic N) is 1. The maximum atomic E-state index is 11.4. The average Bonchev–Trinajstić information content (AvgIpc) is 2.43. The molecule has 7 heteroatoms. The molecule has 0 saturated carbocycles. The van der Waals surface area contributed by atoms with Crippen molar-refractivity contribution >= 4 is 34.5 Å². The number of benzene rings is 1. The Bertz CT molecular complexity index is 515. The lowest BCUT2D eigenvalue weighted by Gasteiger charge is -2.10. The van der Waals surface area contributed by atoms with Crippen LogP contribution in [-0.2, 0) is 4.79 Å². The van der Waals surface area contributed by atoms with Gasteiger partial charge in [-0.2, -0.15) is 0 Å². The lowest BCUT2D eigenvalue weighted by atomic mass is 10.1. The van der Waals surface area contributed by atoms with Crippen molar-refractivity contribution in [2.24, 2.45) is 5.92 Å². The minimum absolute atomic E-state index is 0.0339. The Hall–Kier alpha value is -2.02. The zero-order valence-electron chi connectivity index (χ0n) is 12.1. The van der Waals surface area contributed by atoms with E-state index < -0.39 is 4.92 Å². The first-order valence-electron chi connectivity index (χ1n) is 6.72. The number of Topliss-reactive ketones (excluding diaryl/α,β-unsaturated/α-hetero) is 1. The van der Waals surface area contributed by atoms with Crippen LogP contribution in [-0.4, -0.2) is 22.4 Å². The first kappa shape index (κ1) is 17.0. The lowest BCUT2D eigenvalue weighted by molar-refractivity contribution is -0.384. The summed E-state index contributed by atoms with van der Waals surface area (Å²) in [6.45, 7) is 4.38. The van der Waals surface area contributed by atoms with E-state index in [1.54, 1.807) is 12.1 Å². The Labute approximate surface area is 129 Å². The van der Waals surface area contributed by atoms with Crippen molar-refractivity contribution in [2.45, 2.75) is 26.7 Å². The van der Waals surface area contributed by atoms with E-state index in [0.29, 0.717) is 23.8 Å². The normalized spacial score (nSPS) is 10.2. The van der Waals surface area contributed by atoms with Crippen molar-refractivity contribution < 1.29 is 9.72 Å². The number of nitro groups is 1. The first-order valence-corrected chi connectivity index (χ1v) is 7.13. The van der Waals surface area contributed by atoms with E-state index in [1.807, 2.05) is 13.8 Å². The zero-order valence-corrected chi connectivity index (χ0v) is 12.9. The number of carbonyl (C=O) groups excluding carboxylic acids is 1. The molecule has 0 aliphatic heterocycles. The molecule has 0 bridgehead atoms. The second kappa shape index (κ2) is 8.31. The van der Waals surface area contributed by atoms with Gasteiger partial charge in [-0.05, 0) is 30.8 Å². The minimum Gasteiger partial charge on any atom is -0.362 e. The predicted molar refractivity (Wildman–Crippen MR) is 86.4 cm³/mol. The third-order valence-corrected chi connectivity index (χ3v) is 3.11. The number of anilines is 1. The molecule has 1 aromatic carbocycles. The van der Waals surface area contributed by atoms with Gasteiger partial charge in [0.15, 0.2) is 5.11 Å². The number of nitro benzene ring substituents is 1. The van der Waals surface area contributed by atoms with Gasteiger partial charge in [-0.3, -0.25) is 14.9 Å². The molecule has 6 nitrogen and oxygen atoms in total. The molecule has 0 unspecified atom stereocenters. The maximum absolute atomic E-state index is 11.4. The first-order chi connectivity index (χ1) is 9.90. The molecule has 2 N–H and O–H groups in total. The van der Waals surface area contributed by atoms with Gasteiger partial charge in [0.2, 0.25) is 0 Å². The van der Waals surface area contributed by atoms with Crippen LogP contribution in [0.5, 0.6) is 0 Å². The third kappa shape index (κ3) is 6.31. The van der Waals surface area contributed by atoms with Crippen molar-refractivity contribution in [3.8, 4) is 0 Å². The molecule has 1 aromatic rings. The van der Waals surface area contributed by atoms with Crippen LogP contribution in [0.2, 0.25) is 0 Å². The molecule has 0 heterocycles. The highest BCUT2D eigenvalue weighted by Gasteiger charge is 2.07. The Morgan fingerprint density at radius 3 is 2.48 bits per heavy atom. The molecule has 114 valence electrons. The van der Waals surface area contributed by atoms with E-state index in [0.717, 1.165) is 6.42 Å². The number of thiocarbonyl (C=S) groups is 1. The molecule has 0 saturated heterocycles. The third-order valence-electron chi connectivity index (χ3n) is 2.87. The van der Waals surface area contributed by atoms with Gasteiger partial charge in [0, 0.05) is 36.7 Å². The van der Waals surface area contributed by atoms with E-state index >= 15 is 0 Å². The fourth-order valence-corrected chi connectivity index (χ4v) is 1.81. The van der Waals surface area contributed by atoms with Gasteiger partial charge in [-0.25, -0.2) is 0 Å². The average molecular weight is 309 g/mol. The van der Waals surface area contributed by atoms with E-state index in [4.69, 9.17) is 12.2 Å². The molecule has 0 fully saturated rings. The van der Waals surface area contributed by atoms with Crippen molar-refractivity contribution in [1.82, 2.24) is 5.32 Å². The molecule has 0 aliphatic rings. The highest BCUT2D eigenvalue weighted by Crippen LogP contribution is 2.15. The largest absolute Gasteiger partial charge is 0.362 e. The van der Waals surface area contributed by atoms with E-state index in [1.165, 1.54) is 12.1 Å². The summed E-state index contributed by atoms with van der Waals surface area (Å²) < 4.78 is 0. The van der Waals surface area contributed by atoms with E-state index in [9.17, 15) is 14.9 Å². The zero-order chi connectivity index (χ0) is 15.8. The standard InChI is InChI=1S/C14H19N3O3S/c1-10(2)13(18)4-3-9-15-14(21)16-11-5-7-12(8-6-11)17(19)20/h5-8,10H,3-4,9H2,1-2H3,(H2,15,16,21). The number of rotatable bonds is 7. The number of hydrogen-bond donors (Lipinski definition) is 2. The van der Waals surface area contributed by atoms with Crippen LogP contribution in [0.3, 0.4) is 0 Å². The molecule has 0 atom stereocenters. The van der Waals surface area contributed by atoms with Crippen LogP contribution in [0.15, 0.2) is 24.3 Å². The summed E-state index contributed by atoms with van der Waals surface area (Å²) in [6, 6.07) is 6.00. The predicted octanol–water partition coefficient (Wildman–Crippen LogP) is 2.89. The second-order valence-electron chi connectivity index (χ2n) is 4.91. The second-order valence-corrected chi connectivity index (χ2v) is 5.32.